The summed E-state index contributed by atoms with van der Waals surface area (Å²) in [5.41, 5.74) is 1.91. The average molecular weight is 310 g/mol. The van der Waals surface area contributed by atoms with E-state index in [1.54, 1.807) is 0 Å². The van der Waals surface area contributed by atoms with Gasteiger partial charge >= 0.3 is 0 Å². The molecule has 1 aromatic carbocycles. The first kappa shape index (κ1) is 13.6. The molecule has 2 rings (SSSR count). The molecule has 1 saturated carbocycles. The van der Waals surface area contributed by atoms with E-state index in [0.717, 1.165) is 35.0 Å². The van der Waals surface area contributed by atoms with Gasteiger partial charge in [-0.2, -0.15) is 0 Å². The third-order valence-electron chi connectivity index (χ3n) is 3.23. The Bertz CT molecular complexity index is 452. The molecule has 1 fully saturated rings. The zero-order chi connectivity index (χ0) is 13.3. The van der Waals surface area contributed by atoms with Gasteiger partial charge in [0.25, 0.3) is 5.91 Å². The van der Waals surface area contributed by atoms with Crippen LogP contribution in [-0.4, -0.2) is 23.4 Å². The molecule has 3 heteroatoms. The molecular formula is C15H20BrNO. The highest BCUT2D eigenvalue weighted by Gasteiger charge is 2.33. The fraction of sp³-hybridized carbons (Fsp3) is 0.533. The lowest BCUT2D eigenvalue weighted by Crippen LogP contribution is -2.36. The Morgan fingerprint density at radius 3 is 2.67 bits per heavy atom. The predicted molar refractivity (Wildman–Crippen MR) is 77.8 cm³/mol. The molecule has 0 atom stereocenters. The van der Waals surface area contributed by atoms with E-state index in [1.807, 2.05) is 30.0 Å². The van der Waals surface area contributed by atoms with Gasteiger partial charge in [0.2, 0.25) is 0 Å². The molecule has 1 aromatic rings. The lowest BCUT2D eigenvalue weighted by atomic mass is 10.1. The summed E-state index contributed by atoms with van der Waals surface area (Å²) in [7, 11) is 0. The van der Waals surface area contributed by atoms with Crippen molar-refractivity contribution in [2.24, 2.45) is 5.92 Å². The van der Waals surface area contributed by atoms with Crippen LogP contribution in [0, 0.1) is 12.8 Å². The minimum atomic E-state index is 0.168. The van der Waals surface area contributed by atoms with Gasteiger partial charge in [0.05, 0.1) is 5.56 Å². The lowest BCUT2D eigenvalue weighted by Gasteiger charge is -2.25. The molecule has 98 valence electrons. The van der Waals surface area contributed by atoms with Gasteiger partial charge in [-0.15, -0.1) is 0 Å². The van der Waals surface area contributed by atoms with Crippen molar-refractivity contribution in [1.82, 2.24) is 4.90 Å². The van der Waals surface area contributed by atoms with Gasteiger partial charge in [-0.1, -0.05) is 26.0 Å². The fourth-order valence-corrected chi connectivity index (χ4v) is 2.58. The van der Waals surface area contributed by atoms with Crippen molar-refractivity contribution >= 4 is 21.8 Å². The van der Waals surface area contributed by atoms with E-state index in [9.17, 15) is 4.79 Å². The molecule has 0 N–H and O–H groups in total. The Balaban J connectivity index is 2.25. The highest BCUT2D eigenvalue weighted by atomic mass is 79.9. The minimum Gasteiger partial charge on any atom is -0.335 e. The molecule has 0 bridgehead atoms. The van der Waals surface area contributed by atoms with Crippen LogP contribution in [0.4, 0.5) is 0 Å². The minimum absolute atomic E-state index is 0.168. The Hall–Kier alpha value is -0.830. The molecule has 0 heterocycles. The largest absolute Gasteiger partial charge is 0.335 e. The Morgan fingerprint density at radius 1 is 1.44 bits per heavy atom. The number of amides is 1. The first-order valence-electron chi connectivity index (χ1n) is 6.56. The van der Waals surface area contributed by atoms with E-state index in [-0.39, 0.29) is 5.91 Å². The number of carbonyl (C=O) groups excluding carboxylic acids is 1. The lowest BCUT2D eigenvalue weighted by molar-refractivity contribution is 0.0721. The number of halogens is 1. The number of benzene rings is 1. The number of hydrogen-bond acceptors (Lipinski definition) is 1. The van der Waals surface area contributed by atoms with E-state index in [0.29, 0.717) is 12.0 Å². The molecule has 0 radical (unpaired) electrons. The van der Waals surface area contributed by atoms with Crippen molar-refractivity contribution in [1.29, 1.82) is 0 Å². The molecule has 0 aromatic heterocycles. The van der Waals surface area contributed by atoms with Crippen LogP contribution >= 0.6 is 15.9 Å². The van der Waals surface area contributed by atoms with Crippen molar-refractivity contribution in [2.75, 3.05) is 6.54 Å². The number of hydrogen-bond donors (Lipinski definition) is 0. The first-order chi connectivity index (χ1) is 8.50. The summed E-state index contributed by atoms with van der Waals surface area (Å²) >= 11 is 3.54. The van der Waals surface area contributed by atoms with Crippen LogP contribution in [0.25, 0.3) is 0 Å². The zero-order valence-electron chi connectivity index (χ0n) is 11.2. The summed E-state index contributed by atoms with van der Waals surface area (Å²) in [5, 5.41) is 0. The summed E-state index contributed by atoms with van der Waals surface area (Å²) in [6, 6.07) is 6.35. The summed E-state index contributed by atoms with van der Waals surface area (Å²) in [6.45, 7) is 7.19. The molecule has 2 nitrogen and oxygen atoms in total. The maximum absolute atomic E-state index is 12.6. The molecule has 0 unspecified atom stereocenters. The molecule has 1 amide bonds. The third kappa shape index (κ3) is 2.94. The second kappa shape index (κ2) is 5.43. The van der Waals surface area contributed by atoms with Gasteiger partial charge in [-0.3, -0.25) is 4.79 Å². The van der Waals surface area contributed by atoms with Crippen LogP contribution in [0.1, 0.15) is 42.6 Å². The number of carbonyl (C=O) groups is 1. The normalized spacial score (nSPS) is 14.9. The van der Waals surface area contributed by atoms with Crippen molar-refractivity contribution in [3.05, 3.63) is 33.8 Å². The summed E-state index contributed by atoms with van der Waals surface area (Å²) in [6.07, 6.45) is 2.31. The monoisotopic (exact) mass is 309 g/mol. The smallest absolute Gasteiger partial charge is 0.255 e. The molecule has 0 aliphatic heterocycles. The van der Waals surface area contributed by atoms with Gasteiger partial charge in [-0.05, 0) is 53.2 Å². The molecule has 0 spiro atoms. The third-order valence-corrected chi connectivity index (χ3v) is 4.29. The van der Waals surface area contributed by atoms with Crippen LogP contribution in [0.5, 0.6) is 0 Å². The Morgan fingerprint density at radius 2 is 2.11 bits per heavy atom. The van der Waals surface area contributed by atoms with Crippen molar-refractivity contribution in [2.45, 2.75) is 39.7 Å². The molecule has 0 saturated heterocycles. The molecule has 18 heavy (non-hydrogen) atoms. The Kier molecular flexibility index (Phi) is 4.10. The predicted octanol–water partition coefficient (Wildman–Crippen LogP) is 4.02. The highest BCUT2D eigenvalue weighted by molar-refractivity contribution is 9.10. The number of nitrogens with zero attached hydrogens (tertiary/aromatic N) is 1. The second-order valence-electron chi connectivity index (χ2n) is 5.52. The van der Waals surface area contributed by atoms with Crippen LogP contribution in [0.2, 0.25) is 0 Å². The van der Waals surface area contributed by atoms with Gasteiger partial charge in [0, 0.05) is 17.1 Å². The average Bonchev–Trinajstić information content (AvgIpc) is 3.12. The summed E-state index contributed by atoms with van der Waals surface area (Å²) in [5.74, 6) is 0.680. The van der Waals surface area contributed by atoms with Crippen LogP contribution in [0.3, 0.4) is 0 Å². The topological polar surface area (TPSA) is 20.3 Å². The summed E-state index contributed by atoms with van der Waals surface area (Å²) < 4.78 is 0.935. The fourth-order valence-electron chi connectivity index (χ4n) is 2.14. The maximum atomic E-state index is 12.6. The van der Waals surface area contributed by atoms with Crippen molar-refractivity contribution < 1.29 is 4.79 Å². The van der Waals surface area contributed by atoms with Gasteiger partial charge in [0.15, 0.2) is 0 Å². The second-order valence-corrected chi connectivity index (χ2v) is 6.31. The van der Waals surface area contributed by atoms with Gasteiger partial charge in [-0.25, -0.2) is 0 Å². The van der Waals surface area contributed by atoms with E-state index in [2.05, 4.69) is 29.8 Å². The molecule has 1 aliphatic rings. The zero-order valence-corrected chi connectivity index (χ0v) is 12.8. The molecular weight excluding hydrogens is 290 g/mol. The quantitative estimate of drug-likeness (QED) is 0.822. The van der Waals surface area contributed by atoms with E-state index in [1.165, 1.54) is 0 Å². The van der Waals surface area contributed by atoms with E-state index >= 15 is 0 Å². The van der Waals surface area contributed by atoms with Crippen LogP contribution in [0.15, 0.2) is 22.7 Å². The standard InChI is InChI=1S/C15H20BrNO/c1-10(2)9-17(12-7-8-12)15(18)13-6-4-5-11(3)14(13)16/h4-6,10,12H,7-9H2,1-3H3. The van der Waals surface area contributed by atoms with Gasteiger partial charge in [0.1, 0.15) is 0 Å². The number of rotatable bonds is 4. The van der Waals surface area contributed by atoms with Crippen molar-refractivity contribution in [3.8, 4) is 0 Å². The molecule has 1 aliphatic carbocycles. The van der Waals surface area contributed by atoms with E-state index < -0.39 is 0 Å². The van der Waals surface area contributed by atoms with E-state index in [4.69, 9.17) is 0 Å². The van der Waals surface area contributed by atoms with Gasteiger partial charge < -0.3 is 4.90 Å². The van der Waals surface area contributed by atoms with Crippen LogP contribution < -0.4 is 0 Å². The highest BCUT2D eigenvalue weighted by Crippen LogP contribution is 2.31. The number of aryl methyl sites for hydroxylation is 1. The maximum Gasteiger partial charge on any atom is 0.255 e. The summed E-state index contributed by atoms with van der Waals surface area (Å²) in [4.78, 5) is 14.7. The van der Waals surface area contributed by atoms with Crippen LogP contribution in [-0.2, 0) is 0 Å². The first-order valence-corrected chi connectivity index (χ1v) is 7.36. The van der Waals surface area contributed by atoms with Crippen molar-refractivity contribution in [3.63, 3.8) is 0 Å². The SMILES string of the molecule is Cc1cccc(C(=O)N(CC(C)C)C2CC2)c1Br. The Labute approximate surface area is 117 Å².